The minimum atomic E-state index is -0.0877. The van der Waals surface area contributed by atoms with Gasteiger partial charge in [-0.3, -0.25) is 10.8 Å². The number of hydrogen-bond acceptors (Lipinski definition) is 5. The molecule has 0 bridgehead atoms. The average molecular weight is 299 g/mol. The molecule has 21 heavy (non-hydrogen) atoms. The Labute approximate surface area is 127 Å². The lowest BCUT2D eigenvalue weighted by atomic mass is 10.1. The predicted octanol–water partition coefficient (Wildman–Crippen LogP) is 3.25. The zero-order valence-corrected chi connectivity index (χ0v) is 12.6. The van der Waals surface area contributed by atoms with E-state index in [1.54, 1.807) is 17.5 Å². The highest BCUT2D eigenvalue weighted by Gasteiger charge is 2.16. The molecule has 0 aliphatic rings. The smallest absolute Gasteiger partial charge is 0.137 e. The summed E-state index contributed by atoms with van der Waals surface area (Å²) in [6, 6.07) is 12.4. The summed E-state index contributed by atoms with van der Waals surface area (Å²) in [7, 11) is 0. The van der Waals surface area contributed by atoms with E-state index in [-0.39, 0.29) is 6.04 Å². The number of aromatic nitrogens is 1. The van der Waals surface area contributed by atoms with Crippen LogP contribution in [0.5, 0.6) is 5.75 Å². The molecule has 2 aromatic heterocycles. The van der Waals surface area contributed by atoms with Crippen molar-refractivity contribution in [2.24, 2.45) is 5.84 Å². The van der Waals surface area contributed by atoms with Crippen LogP contribution in [0.15, 0.2) is 48.8 Å². The minimum absolute atomic E-state index is 0.0877. The molecule has 2 heterocycles. The second kappa shape index (κ2) is 6.22. The van der Waals surface area contributed by atoms with Gasteiger partial charge in [-0.05, 0) is 36.1 Å². The fraction of sp³-hybridized carbons (Fsp3) is 0.188. The van der Waals surface area contributed by atoms with Crippen LogP contribution < -0.4 is 16.0 Å². The summed E-state index contributed by atoms with van der Waals surface area (Å²) in [5.74, 6) is 6.53. The Bertz CT molecular complexity index is 708. The van der Waals surface area contributed by atoms with Crippen molar-refractivity contribution in [3.63, 3.8) is 0 Å². The van der Waals surface area contributed by atoms with Gasteiger partial charge in [0.1, 0.15) is 5.75 Å². The van der Waals surface area contributed by atoms with E-state index in [0.717, 1.165) is 16.2 Å². The number of nitrogens with one attached hydrogen (secondary N) is 1. The number of ether oxygens (including phenoxy) is 1. The molecule has 4 nitrogen and oxygen atoms in total. The van der Waals surface area contributed by atoms with Crippen LogP contribution in [0.3, 0.4) is 0 Å². The molecule has 0 radical (unpaired) electrons. The van der Waals surface area contributed by atoms with Gasteiger partial charge in [-0.2, -0.15) is 0 Å². The molecular formula is C16H17N3OS. The third-order valence-electron chi connectivity index (χ3n) is 3.27. The number of hydrogen-bond donors (Lipinski definition) is 2. The van der Waals surface area contributed by atoms with Crippen molar-refractivity contribution >= 4 is 21.4 Å². The summed E-state index contributed by atoms with van der Waals surface area (Å²) in [5.41, 5.74) is 3.88. The van der Waals surface area contributed by atoms with Crippen molar-refractivity contribution < 1.29 is 4.74 Å². The van der Waals surface area contributed by atoms with Gasteiger partial charge in [0.15, 0.2) is 0 Å². The fourth-order valence-corrected chi connectivity index (χ4v) is 3.48. The highest BCUT2D eigenvalue weighted by Crippen LogP contribution is 2.33. The molecule has 0 saturated carbocycles. The topological polar surface area (TPSA) is 60.2 Å². The summed E-state index contributed by atoms with van der Waals surface area (Å²) in [5, 5.41) is 1.23. The van der Waals surface area contributed by atoms with Crippen LogP contribution in [0.2, 0.25) is 0 Å². The maximum atomic E-state index is 5.77. The number of rotatable bonds is 5. The summed E-state index contributed by atoms with van der Waals surface area (Å²) in [4.78, 5) is 5.40. The van der Waals surface area contributed by atoms with E-state index in [1.807, 2.05) is 31.3 Å². The zero-order valence-electron chi connectivity index (χ0n) is 11.7. The van der Waals surface area contributed by atoms with Crippen LogP contribution in [0.25, 0.3) is 10.1 Å². The largest absolute Gasteiger partial charge is 0.492 e. The first-order chi connectivity index (χ1) is 10.3. The third kappa shape index (κ3) is 2.90. The Hall–Kier alpha value is -1.95. The van der Waals surface area contributed by atoms with Crippen molar-refractivity contribution in [2.45, 2.75) is 13.0 Å². The van der Waals surface area contributed by atoms with Crippen LogP contribution in [0.4, 0.5) is 0 Å². The van der Waals surface area contributed by atoms with Crippen molar-refractivity contribution in [1.82, 2.24) is 10.4 Å². The van der Waals surface area contributed by atoms with Crippen LogP contribution in [-0.2, 0) is 0 Å². The van der Waals surface area contributed by atoms with Gasteiger partial charge in [0.25, 0.3) is 0 Å². The van der Waals surface area contributed by atoms with Crippen molar-refractivity contribution in [3.8, 4) is 5.75 Å². The van der Waals surface area contributed by atoms with E-state index in [1.165, 1.54) is 10.1 Å². The van der Waals surface area contributed by atoms with Crippen molar-refractivity contribution in [1.29, 1.82) is 0 Å². The Morgan fingerprint density at radius 2 is 2.14 bits per heavy atom. The summed E-state index contributed by atoms with van der Waals surface area (Å²) in [6.45, 7) is 2.58. The molecule has 1 unspecified atom stereocenters. The van der Waals surface area contributed by atoms with Gasteiger partial charge in [-0.1, -0.05) is 18.2 Å². The Morgan fingerprint density at radius 1 is 1.29 bits per heavy atom. The number of thiophene rings is 1. The number of hydrazine groups is 1. The van der Waals surface area contributed by atoms with E-state index < -0.39 is 0 Å². The first-order valence-corrected chi connectivity index (χ1v) is 7.66. The molecular weight excluding hydrogens is 282 g/mol. The lowest BCUT2D eigenvalue weighted by Gasteiger charge is -2.15. The second-order valence-corrected chi connectivity index (χ2v) is 5.79. The maximum Gasteiger partial charge on any atom is 0.137 e. The first kappa shape index (κ1) is 14.0. The van der Waals surface area contributed by atoms with Gasteiger partial charge >= 0.3 is 0 Å². The summed E-state index contributed by atoms with van der Waals surface area (Å²) < 4.78 is 6.76. The molecule has 0 aliphatic heterocycles. The normalized spacial score (nSPS) is 12.5. The quantitative estimate of drug-likeness (QED) is 0.561. The lowest BCUT2D eigenvalue weighted by molar-refractivity contribution is 0.338. The molecule has 0 spiro atoms. The molecule has 3 N–H and O–H groups in total. The highest BCUT2D eigenvalue weighted by molar-refractivity contribution is 7.19. The minimum Gasteiger partial charge on any atom is -0.492 e. The fourth-order valence-electron chi connectivity index (χ4n) is 2.33. The summed E-state index contributed by atoms with van der Waals surface area (Å²) >= 11 is 1.73. The molecule has 0 fully saturated rings. The molecule has 0 amide bonds. The van der Waals surface area contributed by atoms with E-state index >= 15 is 0 Å². The number of benzene rings is 1. The van der Waals surface area contributed by atoms with Crippen LogP contribution in [-0.4, -0.2) is 11.6 Å². The average Bonchev–Trinajstić information content (AvgIpc) is 2.92. The van der Waals surface area contributed by atoms with Gasteiger partial charge in [0, 0.05) is 15.8 Å². The van der Waals surface area contributed by atoms with Gasteiger partial charge in [0.2, 0.25) is 0 Å². The molecule has 0 aliphatic carbocycles. The Balaban J connectivity index is 1.99. The molecule has 0 saturated heterocycles. The van der Waals surface area contributed by atoms with Gasteiger partial charge in [-0.15, -0.1) is 11.3 Å². The van der Waals surface area contributed by atoms with E-state index in [9.17, 15) is 0 Å². The number of pyridine rings is 1. The number of nitrogens with zero attached hydrogens (tertiary/aromatic N) is 1. The van der Waals surface area contributed by atoms with Crippen molar-refractivity contribution in [3.05, 3.63) is 59.2 Å². The molecule has 1 aromatic carbocycles. The maximum absolute atomic E-state index is 5.77. The van der Waals surface area contributed by atoms with E-state index in [4.69, 9.17) is 10.6 Å². The lowest BCUT2D eigenvalue weighted by Crippen LogP contribution is -2.28. The van der Waals surface area contributed by atoms with Crippen LogP contribution in [0, 0.1) is 0 Å². The van der Waals surface area contributed by atoms with Crippen LogP contribution in [0.1, 0.15) is 23.4 Å². The van der Waals surface area contributed by atoms with Gasteiger partial charge in [-0.25, -0.2) is 5.43 Å². The zero-order chi connectivity index (χ0) is 14.7. The molecule has 3 aromatic rings. The first-order valence-electron chi connectivity index (χ1n) is 6.84. The van der Waals surface area contributed by atoms with E-state index in [2.05, 4.69) is 28.6 Å². The molecule has 3 rings (SSSR count). The van der Waals surface area contributed by atoms with E-state index in [0.29, 0.717) is 6.61 Å². The summed E-state index contributed by atoms with van der Waals surface area (Å²) in [6.07, 6.45) is 3.53. The van der Waals surface area contributed by atoms with Crippen molar-refractivity contribution in [2.75, 3.05) is 6.61 Å². The van der Waals surface area contributed by atoms with Crippen LogP contribution >= 0.6 is 11.3 Å². The predicted molar refractivity (Wildman–Crippen MR) is 86.4 cm³/mol. The highest BCUT2D eigenvalue weighted by atomic mass is 32.1. The third-order valence-corrected chi connectivity index (χ3v) is 4.46. The molecule has 108 valence electrons. The second-order valence-electron chi connectivity index (χ2n) is 4.67. The Kier molecular flexibility index (Phi) is 4.15. The SMILES string of the molecule is CCOc1cncc(C(NN)c2cc3ccccc3s2)c1. The monoisotopic (exact) mass is 299 g/mol. The van der Waals surface area contributed by atoms with Gasteiger partial charge in [0.05, 0.1) is 18.8 Å². The Morgan fingerprint density at radius 3 is 2.90 bits per heavy atom. The standard InChI is InChI=1S/C16H17N3OS/c1-2-20-13-7-12(9-18-10-13)16(19-17)15-8-11-5-3-4-6-14(11)21-15/h3-10,16,19H,2,17H2,1H3. The number of fused-ring (bicyclic) bond motifs is 1. The molecule has 5 heteroatoms. The molecule has 1 atom stereocenters. The number of nitrogens with two attached hydrogens (primary N) is 1. The van der Waals surface area contributed by atoms with Gasteiger partial charge < -0.3 is 4.74 Å².